The Labute approximate surface area is 164 Å². The van der Waals surface area contributed by atoms with E-state index in [2.05, 4.69) is 34.5 Å². The Hall–Kier alpha value is -2.02. The number of ketones is 1. The number of rotatable bonds is 9. The maximum absolute atomic E-state index is 12.0. The van der Waals surface area contributed by atoms with Crippen LogP contribution in [0, 0.1) is 0 Å². The lowest BCUT2D eigenvalue weighted by Crippen LogP contribution is -2.35. The highest BCUT2D eigenvalue weighted by Gasteiger charge is 2.11. The third-order valence-corrected chi connectivity index (χ3v) is 5.54. The molecule has 27 heavy (non-hydrogen) atoms. The number of nitrogens with one attached hydrogen (secondary N) is 1. The van der Waals surface area contributed by atoms with Gasteiger partial charge in [-0.2, -0.15) is 0 Å². The number of thiophene rings is 1. The van der Waals surface area contributed by atoms with Gasteiger partial charge in [0.25, 0.3) is 0 Å². The molecule has 2 heterocycles. The average molecular weight is 387 g/mol. The van der Waals surface area contributed by atoms with Crippen molar-refractivity contribution >= 4 is 23.0 Å². The molecule has 1 N–H and O–H groups in total. The number of benzene rings is 1. The van der Waals surface area contributed by atoms with Crippen LogP contribution in [0.3, 0.4) is 0 Å². The summed E-state index contributed by atoms with van der Waals surface area (Å²) in [6, 6.07) is 12.1. The molecular weight excluding hydrogens is 360 g/mol. The Morgan fingerprint density at radius 1 is 1.04 bits per heavy atom. The lowest BCUT2D eigenvalue weighted by Gasteiger charge is -2.26. The van der Waals surface area contributed by atoms with Gasteiger partial charge < -0.3 is 10.1 Å². The van der Waals surface area contributed by atoms with Gasteiger partial charge in [-0.15, -0.1) is 11.3 Å². The summed E-state index contributed by atoms with van der Waals surface area (Å²) >= 11 is 1.45. The van der Waals surface area contributed by atoms with Crippen molar-refractivity contribution in [3.8, 4) is 0 Å². The van der Waals surface area contributed by atoms with E-state index in [1.807, 2.05) is 17.5 Å². The third kappa shape index (κ3) is 6.57. The molecule has 1 aromatic carbocycles. The van der Waals surface area contributed by atoms with Crippen LogP contribution in [0.15, 0.2) is 41.8 Å². The van der Waals surface area contributed by atoms with Gasteiger partial charge in [-0.3, -0.25) is 14.5 Å². The molecule has 5 nitrogen and oxygen atoms in total. The molecule has 1 aliphatic rings. The van der Waals surface area contributed by atoms with E-state index >= 15 is 0 Å². The first-order chi connectivity index (χ1) is 13.2. The minimum absolute atomic E-state index is 0.00799. The fourth-order valence-electron chi connectivity index (χ4n) is 3.04. The van der Waals surface area contributed by atoms with E-state index < -0.39 is 0 Å². The van der Waals surface area contributed by atoms with Gasteiger partial charge in [-0.05, 0) is 29.0 Å². The first-order valence-electron chi connectivity index (χ1n) is 9.42. The summed E-state index contributed by atoms with van der Waals surface area (Å²) in [5, 5.41) is 4.83. The fraction of sp³-hybridized carbons (Fsp3) is 0.429. The molecule has 6 heteroatoms. The van der Waals surface area contributed by atoms with Crippen LogP contribution in [-0.4, -0.2) is 42.9 Å². The van der Waals surface area contributed by atoms with Crippen LogP contribution < -0.4 is 5.32 Å². The van der Waals surface area contributed by atoms with Gasteiger partial charge in [0.05, 0.1) is 18.1 Å². The van der Waals surface area contributed by atoms with Crippen molar-refractivity contribution in [3.63, 3.8) is 0 Å². The molecule has 0 saturated carbocycles. The number of nitrogens with zero attached hydrogens (tertiary/aromatic N) is 1. The van der Waals surface area contributed by atoms with Crippen molar-refractivity contribution in [2.75, 3.05) is 26.3 Å². The number of hydrogen-bond donors (Lipinski definition) is 1. The van der Waals surface area contributed by atoms with Gasteiger partial charge in [0, 0.05) is 39.0 Å². The van der Waals surface area contributed by atoms with Gasteiger partial charge in [-0.25, -0.2) is 0 Å². The number of hydrogen-bond acceptors (Lipinski definition) is 5. The maximum atomic E-state index is 12.0. The topological polar surface area (TPSA) is 58.6 Å². The van der Waals surface area contributed by atoms with Crippen LogP contribution in [0.1, 0.15) is 40.1 Å². The third-order valence-electron chi connectivity index (χ3n) is 4.63. The second-order valence-electron chi connectivity index (χ2n) is 6.74. The van der Waals surface area contributed by atoms with Crippen LogP contribution in [0.5, 0.6) is 0 Å². The van der Waals surface area contributed by atoms with Crippen molar-refractivity contribution in [2.24, 2.45) is 0 Å². The summed E-state index contributed by atoms with van der Waals surface area (Å²) in [6.07, 6.45) is 1.39. The number of morpholine rings is 1. The van der Waals surface area contributed by atoms with E-state index in [-0.39, 0.29) is 11.7 Å². The van der Waals surface area contributed by atoms with E-state index in [1.54, 1.807) is 0 Å². The SMILES string of the molecule is O=C(CCCC(=O)c1cccs1)NCc1ccc(CN2CCOCC2)cc1. The van der Waals surface area contributed by atoms with Crippen LogP contribution in [0.4, 0.5) is 0 Å². The van der Waals surface area contributed by atoms with E-state index in [9.17, 15) is 9.59 Å². The minimum atomic E-state index is -0.00799. The highest BCUT2D eigenvalue weighted by atomic mass is 32.1. The average Bonchev–Trinajstić information content (AvgIpc) is 3.23. The van der Waals surface area contributed by atoms with Crippen molar-refractivity contribution in [2.45, 2.75) is 32.4 Å². The Morgan fingerprint density at radius 3 is 2.48 bits per heavy atom. The number of Topliss-reactive ketones (excluding diaryl/α,β-unsaturated/α-hetero) is 1. The first-order valence-corrected chi connectivity index (χ1v) is 10.3. The summed E-state index contributed by atoms with van der Waals surface area (Å²) in [4.78, 5) is 27.0. The highest BCUT2D eigenvalue weighted by Crippen LogP contribution is 2.13. The summed E-state index contributed by atoms with van der Waals surface area (Å²) in [5.41, 5.74) is 2.36. The maximum Gasteiger partial charge on any atom is 0.220 e. The quantitative estimate of drug-likeness (QED) is 0.672. The molecule has 1 saturated heterocycles. The molecule has 1 amide bonds. The van der Waals surface area contributed by atoms with Crippen molar-refractivity contribution < 1.29 is 14.3 Å². The first kappa shape index (κ1) is 19.7. The summed E-state index contributed by atoms with van der Waals surface area (Å²) < 4.78 is 5.37. The monoisotopic (exact) mass is 386 g/mol. The van der Waals surface area contributed by atoms with Crippen LogP contribution in [0.25, 0.3) is 0 Å². The summed E-state index contributed by atoms with van der Waals surface area (Å²) in [5.74, 6) is 0.111. The molecule has 144 valence electrons. The number of carbonyl (C=O) groups excluding carboxylic acids is 2. The molecule has 0 unspecified atom stereocenters. The fourth-order valence-corrected chi connectivity index (χ4v) is 3.73. The molecule has 0 bridgehead atoms. The minimum Gasteiger partial charge on any atom is -0.379 e. The number of carbonyl (C=O) groups is 2. The second kappa shape index (κ2) is 10.3. The predicted octanol–water partition coefficient (Wildman–Crippen LogP) is 3.25. The normalized spacial score (nSPS) is 14.8. The van der Waals surface area contributed by atoms with Crippen molar-refractivity contribution in [1.29, 1.82) is 0 Å². The summed E-state index contributed by atoms with van der Waals surface area (Å²) in [6.45, 7) is 5.04. The van der Waals surface area contributed by atoms with E-state index in [0.29, 0.717) is 25.8 Å². The van der Waals surface area contributed by atoms with Crippen LogP contribution in [0.2, 0.25) is 0 Å². The molecule has 1 fully saturated rings. The van der Waals surface area contributed by atoms with E-state index in [4.69, 9.17) is 4.74 Å². The van der Waals surface area contributed by atoms with Gasteiger partial charge in [0.15, 0.2) is 5.78 Å². The lowest BCUT2D eigenvalue weighted by molar-refractivity contribution is -0.121. The largest absolute Gasteiger partial charge is 0.379 e. The standard InChI is InChI=1S/C21H26N2O3S/c24-19(20-4-2-14-27-20)3-1-5-21(25)22-15-17-6-8-18(9-7-17)16-23-10-12-26-13-11-23/h2,4,6-9,14H,1,3,5,10-13,15-16H2,(H,22,25). The van der Waals surface area contributed by atoms with E-state index in [1.165, 1.54) is 16.9 Å². The number of amides is 1. The molecule has 1 aromatic heterocycles. The Kier molecular flexibility index (Phi) is 7.56. The zero-order valence-corrected chi connectivity index (χ0v) is 16.3. The highest BCUT2D eigenvalue weighted by molar-refractivity contribution is 7.12. The van der Waals surface area contributed by atoms with Gasteiger partial charge >= 0.3 is 0 Å². The molecule has 3 rings (SSSR count). The second-order valence-corrected chi connectivity index (χ2v) is 7.68. The van der Waals surface area contributed by atoms with Gasteiger partial charge in [0.2, 0.25) is 5.91 Å². The lowest BCUT2D eigenvalue weighted by atomic mass is 10.1. The Balaban J connectivity index is 1.34. The summed E-state index contributed by atoms with van der Waals surface area (Å²) in [7, 11) is 0. The zero-order chi connectivity index (χ0) is 18.9. The van der Waals surface area contributed by atoms with Gasteiger partial charge in [0.1, 0.15) is 0 Å². The molecule has 0 atom stereocenters. The molecule has 0 aliphatic carbocycles. The molecular formula is C21H26N2O3S. The molecule has 1 aliphatic heterocycles. The van der Waals surface area contributed by atoms with E-state index in [0.717, 1.165) is 43.3 Å². The Morgan fingerprint density at radius 2 is 1.78 bits per heavy atom. The molecule has 0 radical (unpaired) electrons. The van der Waals surface area contributed by atoms with Crippen molar-refractivity contribution in [3.05, 3.63) is 57.8 Å². The molecule has 2 aromatic rings. The zero-order valence-electron chi connectivity index (χ0n) is 15.5. The van der Waals surface area contributed by atoms with Gasteiger partial charge in [-0.1, -0.05) is 30.3 Å². The Bertz CT molecular complexity index is 722. The van der Waals surface area contributed by atoms with Crippen LogP contribution in [-0.2, 0) is 22.6 Å². The smallest absolute Gasteiger partial charge is 0.220 e. The molecule has 0 spiro atoms. The van der Waals surface area contributed by atoms with Crippen LogP contribution >= 0.6 is 11.3 Å². The predicted molar refractivity (Wildman–Crippen MR) is 107 cm³/mol. The van der Waals surface area contributed by atoms with Crippen molar-refractivity contribution in [1.82, 2.24) is 10.2 Å². The number of ether oxygens (including phenoxy) is 1.